The van der Waals surface area contributed by atoms with Crippen LogP contribution in [-0.2, 0) is 21.7 Å². The van der Waals surface area contributed by atoms with E-state index in [2.05, 4.69) is 100 Å². The monoisotopic (exact) mass is 955 g/mol. The Hall–Kier alpha value is -4.76. The van der Waals surface area contributed by atoms with Gasteiger partial charge in [0, 0.05) is 43.8 Å². The number of rotatable bonds is 4. The molecule has 2 nitrogen and oxygen atoms in total. The second-order valence-electron chi connectivity index (χ2n) is 27.9. The van der Waals surface area contributed by atoms with E-state index in [4.69, 9.17) is 0 Å². The van der Waals surface area contributed by atoms with Crippen molar-refractivity contribution in [3.8, 4) is 16.8 Å². The summed E-state index contributed by atoms with van der Waals surface area (Å²) >= 11 is 0. The molecule has 18 rings (SSSR count). The van der Waals surface area contributed by atoms with Gasteiger partial charge in [-0.1, -0.05) is 145 Å². The van der Waals surface area contributed by atoms with E-state index in [1.54, 1.807) is 54.9 Å². The molecular weight excluding hydrogens is 880 g/mol. The summed E-state index contributed by atoms with van der Waals surface area (Å²) < 4.78 is 5.85. The third kappa shape index (κ3) is 5.69. The van der Waals surface area contributed by atoms with Crippen LogP contribution in [0.3, 0.4) is 0 Å². The molecule has 0 amide bonds. The van der Waals surface area contributed by atoms with Gasteiger partial charge in [-0.15, -0.1) is 0 Å². The maximum Gasteiger partial charge on any atom is 0.333 e. The van der Waals surface area contributed by atoms with Crippen LogP contribution >= 0.6 is 0 Å². The molecule has 0 radical (unpaired) electrons. The van der Waals surface area contributed by atoms with Crippen molar-refractivity contribution < 1.29 is 0 Å². The van der Waals surface area contributed by atoms with Crippen LogP contribution in [-0.4, -0.2) is 15.9 Å². The van der Waals surface area contributed by atoms with Gasteiger partial charge in [0.05, 0.1) is 11.0 Å². The van der Waals surface area contributed by atoms with Gasteiger partial charge in [-0.2, -0.15) is 0 Å². The Balaban J connectivity index is 0.974. The molecular formula is C70H75BN2. The van der Waals surface area contributed by atoms with E-state index in [0.29, 0.717) is 10.8 Å². The standard InChI is InChI=1S/C70H75BN2/c1-2-20-53-48(19-1)33-62-64-63(53)58-38-51(69-29-7-15-46(42-69)16-8-30-69)36-56-55-35-50(68-27-5-13-45(41-68)14-6-28-68)22-24-61(55)73(65(56)58)71(64)59-39-52(70-31-9-17-47(43-70)18-10-32-70)37-57-54-34-49(21-23-60(54)72(62)66(57)59)67-25-3-11-44(40-67)12-4-26-67/h1-2,19-24,33-39,44-47H,3-18,25-32,40-43H2. The SMILES string of the molecule is c1ccc2c3c4c(cc2c1)-n1c2ccc(C56CCCC(CCC5)C6)cc2c2cc(C56CCCC(CCC5)C6)cc(c21)B4n1c2ccc(C45CCCC(CCC4)C5)cc2c2cc(C45CCCC(CCC4)C5)cc-3c21. The molecule has 0 N–H and O–H groups in total. The van der Waals surface area contributed by atoms with Gasteiger partial charge in [-0.3, -0.25) is 0 Å². The van der Waals surface area contributed by atoms with E-state index in [0.717, 1.165) is 23.7 Å². The maximum absolute atomic E-state index is 3.00. The van der Waals surface area contributed by atoms with Crippen LogP contribution in [0.4, 0.5) is 0 Å². The first-order valence-corrected chi connectivity index (χ1v) is 30.8. The van der Waals surface area contributed by atoms with Crippen molar-refractivity contribution in [3.05, 3.63) is 113 Å². The average Bonchev–Trinajstić information content (AvgIpc) is 4.01. The van der Waals surface area contributed by atoms with Crippen molar-refractivity contribution in [1.29, 1.82) is 0 Å². The Labute approximate surface area is 434 Å². The lowest BCUT2D eigenvalue weighted by molar-refractivity contribution is 0.149. The molecule has 368 valence electrons. The fourth-order valence-electron chi connectivity index (χ4n) is 21.5. The van der Waals surface area contributed by atoms with Crippen LogP contribution in [0.1, 0.15) is 202 Å². The van der Waals surface area contributed by atoms with Crippen molar-refractivity contribution in [2.75, 3.05) is 0 Å². The summed E-state index contributed by atoms with van der Waals surface area (Å²) in [5.74, 6) is 3.60. The summed E-state index contributed by atoms with van der Waals surface area (Å²) in [6, 6.07) is 39.9. The Morgan fingerprint density at radius 2 is 0.849 bits per heavy atom. The minimum absolute atomic E-state index is 0.103. The van der Waals surface area contributed by atoms with Crippen LogP contribution in [0.15, 0.2) is 91.0 Å². The van der Waals surface area contributed by atoms with Crippen molar-refractivity contribution in [2.24, 2.45) is 23.7 Å². The molecule has 8 aromatic rings. The lowest BCUT2D eigenvalue weighted by Crippen LogP contribution is -2.55. The minimum Gasteiger partial charge on any atom is -0.375 e. The summed E-state index contributed by atoms with van der Waals surface area (Å²) in [5, 5.41) is 9.05. The van der Waals surface area contributed by atoms with E-state index in [9.17, 15) is 0 Å². The number of aromatic nitrogens is 2. The smallest absolute Gasteiger partial charge is 0.333 e. The van der Waals surface area contributed by atoms with E-state index in [-0.39, 0.29) is 17.7 Å². The molecule has 3 heteroatoms. The lowest BCUT2D eigenvalue weighted by atomic mass is 9.44. The molecule has 10 aliphatic rings. The topological polar surface area (TPSA) is 9.86 Å². The van der Waals surface area contributed by atoms with E-state index in [1.807, 2.05) is 0 Å². The third-order valence-corrected chi connectivity index (χ3v) is 24.5. The molecule has 2 aromatic heterocycles. The van der Waals surface area contributed by atoms with Crippen LogP contribution in [0.5, 0.6) is 0 Å². The Kier molecular flexibility index (Phi) is 8.73. The van der Waals surface area contributed by atoms with Crippen molar-refractivity contribution >= 4 is 72.2 Å². The fraction of sp³-hybridized carbons (Fsp3) is 0.514. The predicted molar refractivity (Wildman–Crippen MR) is 307 cm³/mol. The van der Waals surface area contributed by atoms with Gasteiger partial charge in [0.15, 0.2) is 0 Å². The highest BCUT2D eigenvalue weighted by Crippen LogP contribution is 2.58. The number of benzene rings is 6. The lowest BCUT2D eigenvalue weighted by Gasteiger charge is -2.46. The van der Waals surface area contributed by atoms with Crippen molar-refractivity contribution in [2.45, 2.75) is 201 Å². The number of nitrogens with zero attached hydrogens (tertiary/aromatic N) is 2. The van der Waals surface area contributed by atoms with Gasteiger partial charge in [0.1, 0.15) is 0 Å². The molecule has 6 aromatic carbocycles. The van der Waals surface area contributed by atoms with Gasteiger partial charge in [0.2, 0.25) is 0 Å². The highest BCUT2D eigenvalue weighted by molar-refractivity contribution is 6.90. The zero-order valence-electron chi connectivity index (χ0n) is 43.7. The highest BCUT2D eigenvalue weighted by Gasteiger charge is 2.49. The second kappa shape index (κ2) is 15.0. The maximum atomic E-state index is 3.00. The van der Waals surface area contributed by atoms with Crippen LogP contribution in [0, 0.1) is 23.7 Å². The van der Waals surface area contributed by atoms with Gasteiger partial charge in [-0.05, 0) is 220 Å². The van der Waals surface area contributed by atoms with Crippen LogP contribution < -0.4 is 10.9 Å². The molecule has 8 fully saturated rings. The first-order chi connectivity index (χ1) is 36.0. The summed E-state index contributed by atoms with van der Waals surface area (Å²) in [5.41, 5.74) is 21.6. The predicted octanol–water partition coefficient (Wildman–Crippen LogP) is 17.4. The zero-order chi connectivity index (χ0) is 47.4. The molecule has 0 unspecified atom stereocenters. The summed E-state index contributed by atoms with van der Waals surface area (Å²) in [6.45, 7) is 0.103. The first-order valence-electron chi connectivity index (χ1n) is 30.8. The fourth-order valence-corrected chi connectivity index (χ4v) is 21.5. The molecule has 0 spiro atoms. The summed E-state index contributed by atoms with van der Waals surface area (Å²) in [7, 11) is 0. The highest BCUT2D eigenvalue weighted by atomic mass is 15.0. The molecule has 8 aliphatic carbocycles. The zero-order valence-corrected chi connectivity index (χ0v) is 43.7. The summed E-state index contributed by atoms with van der Waals surface area (Å²) in [4.78, 5) is 0. The Morgan fingerprint density at radius 1 is 0.397 bits per heavy atom. The quantitative estimate of drug-likeness (QED) is 0.156. The molecule has 4 heterocycles. The number of hydrogen-bond donors (Lipinski definition) is 0. The molecule has 73 heavy (non-hydrogen) atoms. The molecule has 0 saturated heterocycles. The van der Waals surface area contributed by atoms with Crippen LogP contribution in [0.2, 0.25) is 0 Å². The second-order valence-corrected chi connectivity index (χ2v) is 27.9. The first kappa shape index (κ1) is 42.5. The van der Waals surface area contributed by atoms with Gasteiger partial charge in [-0.25, -0.2) is 0 Å². The third-order valence-electron chi connectivity index (χ3n) is 24.5. The van der Waals surface area contributed by atoms with Gasteiger partial charge < -0.3 is 9.05 Å². The van der Waals surface area contributed by atoms with E-state index < -0.39 is 0 Å². The average molecular weight is 955 g/mol. The molecule has 8 bridgehead atoms. The number of fused-ring (bicyclic) bond motifs is 20. The van der Waals surface area contributed by atoms with Crippen molar-refractivity contribution in [3.63, 3.8) is 0 Å². The normalized spacial score (nSPS) is 33.0. The number of hydrogen-bond acceptors (Lipinski definition) is 0. The van der Waals surface area contributed by atoms with E-state index in [1.165, 1.54) is 229 Å². The molecule has 8 saturated carbocycles. The Bertz CT molecular complexity index is 3650. The van der Waals surface area contributed by atoms with Gasteiger partial charge in [0.25, 0.3) is 0 Å². The Morgan fingerprint density at radius 3 is 1.40 bits per heavy atom. The van der Waals surface area contributed by atoms with Crippen molar-refractivity contribution in [1.82, 2.24) is 9.05 Å². The minimum atomic E-state index is 0.103. The largest absolute Gasteiger partial charge is 0.375 e. The summed E-state index contributed by atoms with van der Waals surface area (Å²) in [6.07, 6.45) is 39.2. The van der Waals surface area contributed by atoms with E-state index >= 15 is 0 Å². The molecule has 2 aliphatic heterocycles. The molecule has 0 atom stereocenters. The van der Waals surface area contributed by atoms with Gasteiger partial charge >= 0.3 is 6.85 Å². The van der Waals surface area contributed by atoms with Crippen LogP contribution in [0.25, 0.3) is 71.2 Å².